The summed E-state index contributed by atoms with van der Waals surface area (Å²) < 4.78 is 81.2. The molecule has 2 aliphatic rings. The fraction of sp³-hybridized carbons (Fsp3) is 0.435. The predicted octanol–water partition coefficient (Wildman–Crippen LogP) is 5.12. The number of rotatable bonds is 4. The third-order valence-corrected chi connectivity index (χ3v) is 6.45. The van der Waals surface area contributed by atoms with Gasteiger partial charge in [0, 0.05) is 24.4 Å². The van der Waals surface area contributed by atoms with Gasteiger partial charge in [-0.1, -0.05) is 43.3 Å². The van der Waals surface area contributed by atoms with Crippen LogP contribution < -0.4 is 5.32 Å². The largest absolute Gasteiger partial charge is 0.429 e. The Bertz CT molecular complexity index is 1020. The van der Waals surface area contributed by atoms with Gasteiger partial charge in [-0.05, 0) is 35.6 Å². The number of para-hydroxylation sites is 1. The number of hydrogen-bond donors (Lipinski definition) is 2. The van der Waals surface area contributed by atoms with Gasteiger partial charge in [-0.3, -0.25) is 0 Å². The third kappa shape index (κ3) is 4.15. The zero-order valence-corrected chi connectivity index (χ0v) is 17.2. The van der Waals surface area contributed by atoms with E-state index in [1.165, 1.54) is 13.0 Å². The fourth-order valence-corrected chi connectivity index (χ4v) is 4.64. The highest BCUT2D eigenvalue weighted by molar-refractivity contribution is 5.95. The van der Waals surface area contributed by atoms with Crippen LogP contribution in [0.5, 0.6) is 0 Å². The highest BCUT2D eigenvalue weighted by Gasteiger charge is 2.49. The molecule has 2 aromatic rings. The molecule has 32 heavy (non-hydrogen) atoms. The number of alkyl halides is 6. The van der Waals surface area contributed by atoms with Crippen molar-refractivity contribution in [1.82, 2.24) is 5.32 Å². The molecule has 1 aliphatic heterocycles. The lowest BCUT2D eigenvalue weighted by Crippen LogP contribution is -2.49. The van der Waals surface area contributed by atoms with Gasteiger partial charge >= 0.3 is 12.4 Å². The van der Waals surface area contributed by atoms with Crippen LogP contribution in [-0.2, 0) is 24.4 Å². The molecule has 2 N–H and O–H groups in total. The Labute approximate surface area is 181 Å². The van der Waals surface area contributed by atoms with Gasteiger partial charge < -0.3 is 10.4 Å². The van der Waals surface area contributed by atoms with Crippen molar-refractivity contribution in [3.8, 4) is 0 Å². The number of aliphatic hydroxyl groups is 1. The van der Waals surface area contributed by atoms with E-state index in [-0.39, 0.29) is 18.2 Å². The van der Waals surface area contributed by atoms with Gasteiger partial charge in [0.05, 0.1) is 17.4 Å². The highest BCUT2D eigenvalue weighted by atomic mass is 19.4. The highest BCUT2D eigenvalue weighted by Crippen LogP contribution is 2.49. The van der Waals surface area contributed by atoms with Crippen LogP contribution in [0.4, 0.5) is 32.0 Å². The molecule has 0 radical (unpaired) electrons. The smallest absolute Gasteiger partial charge is 0.391 e. The van der Waals surface area contributed by atoms with Gasteiger partial charge in [0.25, 0.3) is 0 Å². The maximum atomic E-state index is 13.5. The number of nitrogens with one attached hydrogen (secondary N) is 1. The minimum absolute atomic E-state index is 0.00836. The van der Waals surface area contributed by atoms with Crippen molar-refractivity contribution >= 4 is 11.4 Å². The summed E-state index contributed by atoms with van der Waals surface area (Å²) in [6.45, 7) is 1.30. The number of hydrogen-bond acceptors (Lipinski definition) is 3. The Morgan fingerprint density at radius 1 is 1.00 bits per heavy atom. The molecule has 1 heterocycles. The van der Waals surface area contributed by atoms with E-state index in [1.54, 1.807) is 0 Å². The standard InChI is InChI=1S/C23H22F6N2O/c1-21(19(32)12-30-15-9-13-5-2-3-6-14(13)10-15)11-18(23(27,28)29)31-20-16(21)7-4-8-17(20)22(24,25)26/h2-8,15,19,30,32H,9-12H2,1H3. The van der Waals surface area contributed by atoms with E-state index < -0.39 is 47.3 Å². The molecular formula is C23H22F6N2O. The molecule has 172 valence electrons. The molecule has 0 fully saturated rings. The lowest BCUT2D eigenvalue weighted by molar-refractivity contribution is -0.137. The number of aliphatic imine (C=N–C) groups is 1. The van der Waals surface area contributed by atoms with Crippen LogP contribution in [0.25, 0.3) is 0 Å². The number of nitrogens with zero attached hydrogens (tertiary/aromatic N) is 1. The normalized spacial score (nSPS) is 22.3. The maximum Gasteiger partial charge on any atom is 0.429 e. The van der Waals surface area contributed by atoms with Crippen molar-refractivity contribution in [2.45, 2.75) is 56.1 Å². The van der Waals surface area contributed by atoms with E-state index in [0.29, 0.717) is 18.9 Å². The molecule has 2 aromatic carbocycles. The van der Waals surface area contributed by atoms with E-state index in [2.05, 4.69) is 10.3 Å². The molecule has 1 aliphatic carbocycles. The van der Waals surface area contributed by atoms with E-state index in [9.17, 15) is 31.4 Å². The van der Waals surface area contributed by atoms with Crippen molar-refractivity contribution in [1.29, 1.82) is 0 Å². The molecular weight excluding hydrogens is 434 g/mol. The summed E-state index contributed by atoms with van der Waals surface area (Å²) in [6.07, 6.45) is -10.4. The van der Waals surface area contributed by atoms with Crippen molar-refractivity contribution in [3.05, 3.63) is 64.7 Å². The number of aliphatic hydroxyl groups excluding tert-OH is 1. The lowest BCUT2D eigenvalue weighted by Gasteiger charge is -2.40. The molecule has 4 rings (SSSR count). The van der Waals surface area contributed by atoms with Gasteiger partial charge in [-0.25, -0.2) is 4.99 Å². The number of fused-ring (bicyclic) bond motifs is 2. The molecule has 2 unspecified atom stereocenters. The van der Waals surface area contributed by atoms with Crippen molar-refractivity contribution < 1.29 is 31.4 Å². The predicted molar refractivity (Wildman–Crippen MR) is 108 cm³/mol. The minimum atomic E-state index is -4.90. The fourth-order valence-electron chi connectivity index (χ4n) is 4.64. The molecule has 2 atom stereocenters. The number of benzene rings is 2. The molecule has 0 bridgehead atoms. The zero-order chi connectivity index (χ0) is 23.3. The van der Waals surface area contributed by atoms with E-state index in [4.69, 9.17) is 0 Å². The van der Waals surface area contributed by atoms with Gasteiger partial charge in [0.1, 0.15) is 5.71 Å². The molecule has 0 aromatic heterocycles. The van der Waals surface area contributed by atoms with Crippen molar-refractivity contribution in [3.63, 3.8) is 0 Å². The summed E-state index contributed by atoms with van der Waals surface area (Å²) in [7, 11) is 0. The Morgan fingerprint density at radius 2 is 1.62 bits per heavy atom. The van der Waals surface area contributed by atoms with Crippen molar-refractivity contribution in [2.75, 3.05) is 6.54 Å². The van der Waals surface area contributed by atoms with Gasteiger partial charge in [0.15, 0.2) is 0 Å². The SMILES string of the molecule is CC1(C(O)CNC2Cc3ccccc3C2)CC(C(F)(F)F)=Nc2c(C(F)(F)F)cccc21. The molecule has 0 spiro atoms. The van der Waals surface area contributed by atoms with Crippen LogP contribution in [0.15, 0.2) is 47.5 Å². The minimum Gasteiger partial charge on any atom is -0.391 e. The Kier molecular flexibility index (Phi) is 5.61. The number of halogens is 6. The summed E-state index contributed by atoms with van der Waals surface area (Å²) in [5.41, 5.74) is -2.64. The summed E-state index contributed by atoms with van der Waals surface area (Å²) in [5.74, 6) is 0. The topological polar surface area (TPSA) is 44.6 Å². The molecule has 0 saturated carbocycles. The Hall–Kier alpha value is -2.39. The van der Waals surface area contributed by atoms with E-state index in [0.717, 1.165) is 17.2 Å². The van der Waals surface area contributed by atoms with E-state index in [1.807, 2.05) is 24.3 Å². The first-order valence-electron chi connectivity index (χ1n) is 10.2. The average molecular weight is 456 g/mol. The van der Waals surface area contributed by atoms with Gasteiger partial charge in [-0.2, -0.15) is 26.3 Å². The zero-order valence-electron chi connectivity index (χ0n) is 17.2. The Balaban J connectivity index is 1.63. The summed E-state index contributed by atoms with van der Waals surface area (Å²) in [6, 6.07) is 11.0. The molecule has 9 heteroatoms. The van der Waals surface area contributed by atoms with Crippen LogP contribution in [0.1, 0.15) is 35.6 Å². The van der Waals surface area contributed by atoms with Crippen LogP contribution in [0.2, 0.25) is 0 Å². The first-order chi connectivity index (χ1) is 14.9. The monoisotopic (exact) mass is 456 g/mol. The quantitative estimate of drug-likeness (QED) is 0.628. The van der Waals surface area contributed by atoms with Crippen LogP contribution in [-0.4, -0.2) is 35.7 Å². The first-order valence-corrected chi connectivity index (χ1v) is 10.2. The second-order valence-corrected chi connectivity index (χ2v) is 8.65. The summed E-state index contributed by atoms with van der Waals surface area (Å²) in [5, 5.41) is 14.2. The van der Waals surface area contributed by atoms with Gasteiger partial charge in [0.2, 0.25) is 0 Å². The average Bonchev–Trinajstić information content (AvgIpc) is 3.13. The lowest BCUT2D eigenvalue weighted by atomic mass is 9.70. The van der Waals surface area contributed by atoms with Crippen molar-refractivity contribution in [2.24, 2.45) is 4.99 Å². The van der Waals surface area contributed by atoms with Crippen LogP contribution >= 0.6 is 0 Å². The maximum absolute atomic E-state index is 13.5. The van der Waals surface area contributed by atoms with Crippen LogP contribution in [0.3, 0.4) is 0 Å². The molecule has 0 saturated heterocycles. The van der Waals surface area contributed by atoms with E-state index >= 15 is 0 Å². The summed E-state index contributed by atoms with van der Waals surface area (Å²) in [4.78, 5) is 3.37. The third-order valence-electron chi connectivity index (χ3n) is 6.45. The Morgan fingerprint density at radius 3 is 2.19 bits per heavy atom. The first kappa shape index (κ1) is 22.8. The van der Waals surface area contributed by atoms with Crippen LogP contribution in [0, 0.1) is 0 Å². The second-order valence-electron chi connectivity index (χ2n) is 8.65. The molecule has 0 amide bonds. The second kappa shape index (κ2) is 7.88. The summed E-state index contributed by atoms with van der Waals surface area (Å²) >= 11 is 0. The van der Waals surface area contributed by atoms with Gasteiger partial charge in [-0.15, -0.1) is 0 Å². The molecule has 3 nitrogen and oxygen atoms in total.